The number of anilines is 1. The van der Waals surface area contributed by atoms with Crippen molar-refractivity contribution >= 4 is 40.2 Å². The van der Waals surface area contributed by atoms with Gasteiger partial charge in [0.1, 0.15) is 5.75 Å². The smallest absolute Gasteiger partial charge is 0.224 e. The number of thiophene rings is 2. The molecule has 0 radical (unpaired) electrons. The maximum Gasteiger partial charge on any atom is 0.224 e. The summed E-state index contributed by atoms with van der Waals surface area (Å²) in [5.41, 5.74) is 1.97. The minimum Gasteiger partial charge on any atom is -0.494 e. The number of nitrogens with zero attached hydrogens (tertiary/aromatic N) is 1. The Morgan fingerprint density at radius 3 is 2.43 bits per heavy atom. The first kappa shape index (κ1) is 20.6. The van der Waals surface area contributed by atoms with Crippen molar-refractivity contribution in [3.63, 3.8) is 0 Å². The van der Waals surface area contributed by atoms with Gasteiger partial charge in [0.05, 0.1) is 19.7 Å². The molecule has 0 unspecified atom stereocenters. The topological polar surface area (TPSA) is 58.6 Å². The van der Waals surface area contributed by atoms with Crippen LogP contribution in [0.25, 0.3) is 0 Å². The molecule has 0 saturated carbocycles. The Kier molecular flexibility index (Phi) is 6.81. The zero-order valence-corrected chi connectivity index (χ0v) is 18.3. The lowest BCUT2D eigenvalue weighted by molar-refractivity contribution is -0.132. The van der Waals surface area contributed by atoms with Crippen LogP contribution >= 0.6 is 22.7 Å². The van der Waals surface area contributed by atoms with Crippen molar-refractivity contribution in [3.05, 3.63) is 68.5 Å². The van der Waals surface area contributed by atoms with Gasteiger partial charge in [-0.05, 0) is 59.5 Å². The fourth-order valence-electron chi connectivity index (χ4n) is 3.43. The largest absolute Gasteiger partial charge is 0.494 e. The molecular weight excluding hydrogens is 416 g/mol. The van der Waals surface area contributed by atoms with E-state index in [-0.39, 0.29) is 11.8 Å². The predicted octanol–water partition coefficient (Wildman–Crippen LogP) is 5.08. The number of ether oxygens (including phenoxy) is 1. The van der Waals surface area contributed by atoms with Gasteiger partial charge in [0.2, 0.25) is 11.8 Å². The molecule has 3 heterocycles. The predicted molar refractivity (Wildman–Crippen MR) is 121 cm³/mol. The zero-order valence-electron chi connectivity index (χ0n) is 16.6. The lowest BCUT2D eigenvalue weighted by Gasteiger charge is -2.22. The summed E-state index contributed by atoms with van der Waals surface area (Å²) in [6, 6.07) is 13.9. The van der Waals surface area contributed by atoms with Crippen LogP contribution in [0.4, 0.5) is 5.69 Å². The van der Waals surface area contributed by atoms with Crippen LogP contribution in [0.2, 0.25) is 0 Å². The number of rotatable bonds is 9. The maximum atomic E-state index is 12.9. The summed E-state index contributed by atoms with van der Waals surface area (Å²) < 4.78 is 5.86. The lowest BCUT2D eigenvalue weighted by atomic mass is 10.0. The minimum absolute atomic E-state index is 0.0596. The van der Waals surface area contributed by atoms with Crippen molar-refractivity contribution < 1.29 is 14.3 Å². The summed E-state index contributed by atoms with van der Waals surface area (Å²) in [6.45, 7) is 1.78. The van der Waals surface area contributed by atoms with Crippen molar-refractivity contribution in [2.45, 2.75) is 38.8 Å². The van der Waals surface area contributed by atoms with E-state index in [2.05, 4.69) is 17.4 Å². The number of benzene rings is 1. The van der Waals surface area contributed by atoms with E-state index in [0.29, 0.717) is 39.0 Å². The second kappa shape index (κ2) is 9.91. The second-order valence-electron chi connectivity index (χ2n) is 7.23. The van der Waals surface area contributed by atoms with Crippen molar-refractivity contribution in [2.75, 3.05) is 11.9 Å². The van der Waals surface area contributed by atoms with Crippen molar-refractivity contribution in [2.24, 2.45) is 0 Å². The summed E-state index contributed by atoms with van der Waals surface area (Å²) in [6.07, 6.45) is 2.36. The summed E-state index contributed by atoms with van der Waals surface area (Å²) in [5, 5.41) is 6.96. The number of hydrogen-bond acceptors (Lipinski definition) is 5. The van der Waals surface area contributed by atoms with Crippen LogP contribution in [0.1, 0.15) is 34.6 Å². The number of amides is 2. The number of fused-ring (bicyclic) bond motifs is 1. The fraction of sp³-hybridized carbons (Fsp3) is 0.304. The van der Waals surface area contributed by atoms with E-state index in [1.54, 1.807) is 22.7 Å². The first-order valence-electron chi connectivity index (χ1n) is 10.1. The van der Waals surface area contributed by atoms with Crippen molar-refractivity contribution in [1.29, 1.82) is 0 Å². The van der Waals surface area contributed by atoms with Gasteiger partial charge in [-0.2, -0.15) is 0 Å². The van der Waals surface area contributed by atoms with Gasteiger partial charge >= 0.3 is 0 Å². The monoisotopic (exact) mass is 440 g/mol. The standard InChI is InChI=1S/C23H24N2O3S2/c26-22-10-7-17-14-18(8-9-21(17)24-22)28-11-1-6-23(27)25(15-19-4-2-12-29-19)16-20-5-3-13-30-20/h2-5,8-9,12-14H,1,6-7,10-11,15-16H2,(H,24,26). The molecule has 2 amide bonds. The lowest BCUT2D eigenvalue weighted by Crippen LogP contribution is -2.29. The third-order valence-electron chi connectivity index (χ3n) is 4.98. The average Bonchev–Trinajstić information content (AvgIpc) is 3.45. The molecule has 1 aliphatic rings. The van der Waals surface area contributed by atoms with Gasteiger partial charge < -0.3 is 15.0 Å². The van der Waals surface area contributed by atoms with Gasteiger partial charge in [0.15, 0.2) is 0 Å². The van der Waals surface area contributed by atoms with E-state index >= 15 is 0 Å². The number of aryl methyl sites for hydroxylation is 1. The molecule has 0 fully saturated rings. The number of hydrogen-bond donors (Lipinski definition) is 1. The highest BCUT2D eigenvalue weighted by Crippen LogP contribution is 2.27. The minimum atomic E-state index is 0.0596. The van der Waals surface area contributed by atoms with E-state index in [4.69, 9.17) is 4.74 Å². The maximum absolute atomic E-state index is 12.9. The Hall–Kier alpha value is -2.64. The molecular formula is C23H24N2O3S2. The third-order valence-corrected chi connectivity index (χ3v) is 6.70. The number of carbonyl (C=O) groups is 2. The van der Waals surface area contributed by atoms with E-state index in [9.17, 15) is 9.59 Å². The van der Waals surface area contributed by atoms with Crippen LogP contribution in [-0.2, 0) is 29.1 Å². The highest BCUT2D eigenvalue weighted by atomic mass is 32.1. The van der Waals surface area contributed by atoms with Crippen LogP contribution in [-0.4, -0.2) is 23.3 Å². The Labute approximate surface area is 184 Å². The Bertz CT molecular complexity index is 948. The molecule has 1 aromatic carbocycles. The van der Waals surface area contributed by atoms with Crippen molar-refractivity contribution in [3.8, 4) is 5.75 Å². The molecule has 7 heteroatoms. The summed E-state index contributed by atoms with van der Waals surface area (Å²) in [5.74, 6) is 0.990. The molecule has 0 aliphatic carbocycles. The molecule has 0 bridgehead atoms. The molecule has 156 valence electrons. The fourth-order valence-corrected chi connectivity index (χ4v) is 4.87. The van der Waals surface area contributed by atoms with Gasteiger partial charge in [-0.15, -0.1) is 22.7 Å². The Balaban J connectivity index is 1.28. The normalized spacial score (nSPS) is 12.9. The van der Waals surface area contributed by atoms with Crippen LogP contribution in [0.15, 0.2) is 53.2 Å². The Morgan fingerprint density at radius 1 is 1.03 bits per heavy atom. The average molecular weight is 441 g/mol. The molecule has 3 aromatic rings. The van der Waals surface area contributed by atoms with Gasteiger partial charge in [0, 0.05) is 28.3 Å². The molecule has 2 aromatic heterocycles. The van der Waals surface area contributed by atoms with Gasteiger partial charge in [-0.25, -0.2) is 0 Å². The summed E-state index contributed by atoms with van der Waals surface area (Å²) >= 11 is 3.35. The SMILES string of the molecule is O=C1CCc2cc(OCCCC(=O)N(Cc3cccs3)Cc3cccs3)ccc2N1. The van der Waals surface area contributed by atoms with E-state index in [0.717, 1.165) is 23.4 Å². The molecule has 30 heavy (non-hydrogen) atoms. The van der Waals surface area contributed by atoms with Gasteiger partial charge in [-0.3, -0.25) is 9.59 Å². The molecule has 1 N–H and O–H groups in total. The molecule has 0 saturated heterocycles. The zero-order chi connectivity index (χ0) is 20.8. The van der Waals surface area contributed by atoms with Crippen LogP contribution < -0.4 is 10.1 Å². The molecule has 0 spiro atoms. The third kappa shape index (κ3) is 5.49. The first-order valence-corrected chi connectivity index (χ1v) is 11.8. The highest BCUT2D eigenvalue weighted by Gasteiger charge is 2.17. The van der Waals surface area contributed by atoms with Crippen LogP contribution in [0.3, 0.4) is 0 Å². The van der Waals surface area contributed by atoms with E-state index < -0.39 is 0 Å². The van der Waals surface area contributed by atoms with Crippen molar-refractivity contribution in [1.82, 2.24) is 4.90 Å². The van der Waals surface area contributed by atoms with Crippen LogP contribution in [0.5, 0.6) is 5.75 Å². The molecule has 5 nitrogen and oxygen atoms in total. The molecule has 0 atom stereocenters. The number of carbonyl (C=O) groups excluding carboxylic acids is 2. The molecule has 4 rings (SSSR count). The van der Waals surface area contributed by atoms with Gasteiger partial charge in [0.25, 0.3) is 0 Å². The quantitative estimate of drug-likeness (QED) is 0.472. The highest BCUT2D eigenvalue weighted by molar-refractivity contribution is 7.10. The van der Waals surface area contributed by atoms with Gasteiger partial charge in [-0.1, -0.05) is 12.1 Å². The summed E-state index contributed by atoms with van der Waals surface area (Å²) in [4.78, 5) is 28.6. The van der Waals surface area contributed by atoms with E-state index in [1.165, 1.54) is 9.75 Å². The van der Waals surface area contributed by atoms with Crippen LogP contribution in [0, 0.1) is 0 Å². The Morgan fingerprint density at radius 2 is 1.77 bits per heavy atom. The molecule has 1 aliphatic heterocycles. The summed E-state index contributed by atoms with van der Waals surface area (Å²) in [7, 11) is 0. The number of nitrogens with one attached hydrogen (secondary N) is 1. The first-order chi connectivity index (χ1) is 14.7. The second-order valence-corrected chi connectivity index (χ2v) is 9.29. The van der Waals surface area contributed by atoms with E-state index in [1.807, 2.05) is 46.0 Å².